The number of rotatable bonds is 9. The molecule has 2 rings (SSSR count). The Hall–Kier alpha value is -1.61. The highest BCUT2D eigenvalue weighted by molar-refractivity contribution is 5.14. The minimum Gasteiger partial charge on any atom is -0.334 e. The van der Waals surface area contributed by atoms with Crippen molar-refractivity contribution in [3.8, 4) is 0 Å². The van der Waals surface area contributed by atoms with Gasteiger partial charge in [0.1, 0.15) is 5.82 Å². The van der Waals surface area contributed by atoms with Crippen LogP contribution in [0.25, 0.3) is 0 Å². The maximum Gasteiger partial charge on any atom is 0.122 e. The lowest BCUT2D eigenvalue weighted by Gasteiger charge is -2.10. The van der Waals surface area contributed by atoms with Crippen molar-refractivity contribution in [2.45, 2.75) is 46.2 Å². The number of aryl methyl sites for hydroxylation is 2. The normalized spacial score (nSPS) is 11.2. The van der Waals surface area contributed by atoms with E-state index < -0.39 is 0 Å². The number of imidazole rings is 1. The van der Waals surface area contributed by atoms with Gasteiger partial charge in [-0.15, -0.1) is 0 Å². The molecule has 2 aromatic rings. The van der Waals surface area contributed by atoms with Gasteiger partial charge in [0.15, 0.2) is 0 Å². The van der Waals surface area contributed by atoms with Gasteiger partial charge in [0.05, 0.1) is 6.54 Å². The zero-order valence-corrected chi connectivity index (χ0v) is 13.3. The third-order valence-corrected chi connectivity index (χ3v) is 3.59. The van der Waals surface area contributed by atoms with Crippen molar-refractivity contribution in [3.05, 3.63) is 54.1 Å². The minimum absolute atomic E-state index is 0.680. The zero-order chi connectivity index (χ0) is 14.9. The zero-order valence-electron chi connectivity index (χ0n) is 13.3. The second kappa shape index (κ2) is 8.63. The maximum atomic E-state index is 4.45. The Morgan fingerprint density at radius 2 is 1.95 bits per heavy atom. The van der Waals surface area contributed by atoms with Crippen molar-refractivity contribution in [2.75, 3.05) is 6.54 Å². The number of hydrogen-bond acceptors (Lipinski definition) is 2. The van der Waals surface area contributed by atoms with E-state index in [1.165, 1.54) is 18.4 Å². The van der Waals surface area contributed by atoms with E-state index in [9.17, 15) is 0 Å². The van der Waals surface area contributed by atoms with Gasteiger partial charge in [-0.2, -0.15) is 0 Å². The summed E-state index contributed by atoms with van der Waals surface area (Å²) in [5.41, 5.74) is 1.43. The number of unbranched alkanes of at least 4 members (excludes halogenated alkanes) is 1. The first kappa shape index (κ1) is 15.8. The average Bonchev–Trinajstić information content (AvgIpc) is 2.92. The van der Waals surface area contributed by atoms with Crippen molar-refractivity contribution < 1.29 is 0 Å². The lowest BCUT2D eigenvalue weighted by atomic mass is 10.1. The first-order valence-corrected chi connectivity index (χ1v) is 8.00. The number of hydrogen-bond donors (Lipinski definition) is 1. The molecule has 1 aromatic heterocycles. The predicted molar refractivity (Wildman–Crippen MR) is 88.2 cm³/mol. The van der Waals surface area contributed by atoms with E-state index in [0.717, 1.165) is 31.9 Å². The third-order valence-electron chi connectivity index (χ3n) is 3.59. The molecule has 0 radical (unpaired) electrons. The van der Waals surface area contributed by atoms with E-state index in [1.807, 2.05) is 6.20 Å². The van der Waals surface area contributed by atoms with E-state index in [4.69, 9.17) is 0 Å². The highest BCUT2D eigenvalue weighted by atomic mass is 15.1. The van der Waals surface area contributed by atoms with Gasteiger partial charge in [0.25, 0.3) is 0 Å². The summed E-state index contributed by atoms with van der Waals surface area (Å²) in [4.78, 5) is 4.45. The van der Waals surface area contributed by atoms with Crippen molar-refractivity contribution in [1.29, 1.82) is 0 Å². The molecule has 1 heterocycles. The van der Waals surface area contributed by atoms with E-state index in [2.05, 4.69) is 65.2 Å². The molecule has 21 heavy (non-hydrogen) atoms. The van der Waals surface area contributed by atoms with Gasteiger partial charge in [-0.25, -0.2) is 4.98 Å². The monoisotopic (exact) mass is 285 g/mol. The van der Waals surface area contributed by atoms with Crippen LogP contribution in [-0.2, 0) is 19.5 Å². The van der Waals surface area contributed by atoms with Crippen LogP contribution in [0.4, 0.5) is 0 Å². The molecule has 0 saturated carbocycles. The number of nitrogens with zero attached hydrogens (tertiary/aromatic N) is 2. The van der Waals surface area contributed by atoms with Crippen LogP contribution < -0.4 is 5.32 Å². The van der Waals surface area contributed by atoms with Gasteiger partial charge in [-0.3, -0.25) is 0 Å². The quantitative estimate of drug-likeness (QED) is 0.713. The second-order valence-electron chi connectivity index (χ2n) is 6.00. The fourth-order valence-electron chi connectivity index (χ4n) is 2.44. The van der Waals surface area contributed by atoms with Gasteiger partial charge in [0, 0.05) is 18.9 Å². The van der Waals surface area contributed by atoms with E-state index >= 15 is 0 Å². The molecule has 114 valence electrons. The molecule has 3 nitrogen and oxygen atoms in total. The molecular formula is C18H27N3. The summed E-state index contributed by atoms with van der Waals surface area (Å²) in [6.45, 7) is 7.42. The van der Waals surface area contributed by atoms with Gasteiger partial charge in [-0.1, -0.05) is 44.2 Å². The predicted octanol–water partition coefficient (Wildman–Crippen LogP) is 3.65. The Kier molecular flexibility index (Phi) is 6.48. The molecule has 0 aliphatic heterocycles. The molecular weight excluding hydrogens is 258 g/mol. The summed E-state index contributed by atoms with van der Waals surface area (Å²) in [6.07, 6.45) is 7.58. The molecule has 0 amide bonds. The van der Waals surface area contributed by atoms with Crippen LogP contribution >= 0.6 is 0 Å². The maximum absolute atomic E-state index is 4.45. The Morgan fingerprint density at radius 3 is 2.71 bits per heavy atom. The van der Waals surface area contributed by atoms with Crippen LogP contribution in [-0.4, -0.2) is 16.1 Å². The molecule has 0 fully saturated rings. The summed E-state index contributed by atoms with van der Waals surface area (Å²) in [6, 6.07) is 10.7. The molecule has 0 aliphatic rings. The fourth-order valence-corrected chi connectivity index (χ4v) is 2.44. The SMILES string of the molecule is CC(C)CNCc1nccn1CCCCc1ccccc1. The summed E-state index contributed by atoms with van der Waals surface area (Å²) < 4.78 is 2.28. The number of aromatic nitrogens is 2. The van der Waals surface area contributed by atoms with Gasteiger partial charge in [-0.05, 0) is 37.3 Å². The number of benzene rings is 1. The summed E-state index contributed by atoms with van der Waals surface area (Å²) in [7, 11) is 0. The Balaban J connectivity index is 1.70. The molecule has 0 bridgehead atoms. The molecule has 3 heteroatoms. The first-order valence-electron chi connectivity index (χ1n) is 8.00. The summed E-state index contributed by atoms with van der Waals surface area (Å²) >= 11 is 0. The Bertz CT molecular complexity index is 502. The van der Waals surface area contributed by atoms with Crippen molar-refractivity contribution in [1.82, 2.24) is 14.9 Å². The molecule has 1 aromatic carbocycles. The molecule has 0 atom stereocenters. The van der Waals surface area contributed by atoms with E-state index in [-0.39, 0.29) is 0 Å². The molecule has 0 spiro atoms. The molecule has 0 saturated heterocycles. The fraction of sp³-hybridized carbons (Fsp3) is 0.500. The second-order valence-corrected chi connectivity index (χ2v) is 6.00. The average molecular weight is 285 g/mol. The molecule has 0 aliphatic carbocycles. The summed E-state index contributed by atoms with van der Waals surface area (Å²) in [5, 5.41) is 3.46. The summed E-state index contributed by atoms with van der Waals surface area (Å²) in [5.74, 6) is 1.83. The highest BCUT2D eigenvalue weighted by Gasteiger charge is 2.03. The lowest BCUT2D eigenvalue weighted by molar-refractivity contribution is 0.518. The van der Waals surface area contributed by atoms with Crippen molar-refractivity contribution in [2.24, 2.45) is 5.92 Å². The third kappa shape index (κ3) is 5.72. The van der Waals surface area contributed by atoms with Crippen molar-refractivity contribution in [3.63, 3.8) is 0 Å². The van der Waals surface area contributed by atoms with Gasteiger partial charge in [0.2, 0.25) is 0 Å². The van der Waals surface area contributed by atoms with Crippen LogP contribution in [0.2, 0.25) is 0 Å². The van der Waals surface area contributed by atoms with E-state index in [1.54, 1.807) is 0 Å². The van der Waals surface area contributed by atoms with Crippen molar-refractivity contribution >= 4 is 0 Å². The molecule has 0 unspecified atom stereocenters. The number of nitrogens with one attached hydrogen (secondary N) is 1. The Labute approximate surface area is 128 Å². The van der Waals surface area contributed by atoms with Gasteiger partial charge < -0.3 is 9.88 Å². The standard InChI is InChI=1S/C18H27N3/c1-16(2)14-19-15-18-20-11-13-21(18)12-7-6-10-17-8-4-3-5-9-17/h3-5,8-9,11,13,16,19H,6-7,10,12,14-15H2,1-2H3. The molecule has 1 N–H and O–H groups in total. The highest BCUT2D eigenvalue weighted by Crippen LogP contribution is 2.07. The largest absolute Gasteiger partial charge is 0.334 e. The van der Waals surface area contributed by atoms with Crippen LogP contribution in [0.3, 0.4) is 0 Å². The van der Waals surface area contributed by atoms with Crippen LogP contribution in [0.15, 0.2) is 42.7 Å². The lowest BCUT2D eigenvalue weighted by Crippen LogP contribution is -2.21. The van der Waals surface area contributed by atoms with Crippen LogP contribution in [0.5, 0.6) is 0 Å². The van der Waals surface area contributed by atoms with Crippen LogP contribution in [0, 0.1) is 5.92 Å². The topological polar surface area (TPSA) is 29.9 Å². The smallest absolute Gasteiger partial charge is 0.122 e. The Morgan fingerprint density at radius 1 is 1.14 bits per heavy atom. The van der Waals surface area contributed by atoms with Gasteiger partial charge >= 0.3 is 0 Å². The van der Waals surface area contributed by atoms with Crippen LogP contribution in [0.1, 0.15) is 38.1 Å². The minimum atomic E-state index is 0.680. The van der Waals surface area contributed by atoms with E-state index in [0.29, 0.717) is 5.92 Å². The first-order chi connectivity index (χ1) is 10.3.